The van der Waals surface area contributed by atoms with Crippen LogP contribution in [-0.4, -0.2) is 39.7 Å². The molecular formula is C25H22N2O6S. The van der Waals surface area contributed by atoms with Crippen LogP contribution in [0.15, 0.2) is 65.6 Å². The number of benzene rings is 3. The summed E-state index contributed by atoms with van der Waals surface area (Å²) in [7, 11) is 0. The molecule has 0 spiro atoms. The third-order valence-corrected chi connectivity index (χ3v) is 5.99. The van der Waals surface area contributed by atoms with Crippen molar-refractivity contribution in [3.8, 4) is 0 Å². The van der Waals surface area contributed by atoms with Crippen molar-refractivity contribution in [3.05, 3.63) is 88.5 Å². The molecule has 174 valence electrons. The van der Waals surface area contributed by atoms with Gasteiger partial charge in [0.1, 0.15) is 0 Å². The molecule has 0 radical (unpaired) electrons. The van der Waals surface area contributed by atoms with Crippen molar-refractivity contribution in [2.45, 2.75) is 18.7 Å². The average molecular weight is 479 g/mol. The van der Waals surface area contributed by atoms with Crippen molar-refractivity contribution >= 4 is 46.9 Å². The fraction of sp³-hybridized carbons (Fsp3) is 0.120. The van der Waals surface area contributed by atoms with Crippen LogP contribution in [0.25, 0.3) is 0 Å². The third-order valence-electron chi connectivity index (χ3n) is 4.99. The normalized spacial score (nSPS) is 10.4. The zero-order valence-corrected chi connectivity index (χ0v) is 19.2. The minimum absolute atomic E-state index is 0.157. The number of nitrogens with one attached hydrogen (secondary N) is 2. The van der Waals surface area contributed by atoms with E-state index in [9.17, 15) is 24.3 Å². The van der Waals surface area contributed by atoms with Gasteiger partial charge in [0.15, 0.2) is 0 Å². The van der Waals surface area contributed by atoms with E-state index in [4.69, 9.17) is 5.11 Å². The van der Waals surface area contributed by atoms with Crippen LogP contribution in [0, 0.1) is 13.8 Å². The smallest absolute Gasteiger partial charge is 0.336 e. The van der Waals surface area contributed by atoms with E-state index in [0.29, 0.717) is 5.69 Å². The predicted octanol–water partition coefficient (Wildman–Crippen LogP) is 4.68. The van der Waals surface area contributed by atoms with Crippen LogP contribution in [0.5, 0.6) is 0 Å². The number of hydrogen-bond acceptors (Lipinski definition) is 5. The van der Waals surface area contributed by atoms with E-state index in [0.717, 1.165) is 33.8 Å². The molecule has 0 saturated heterocycles. The van der Waals surface area contributed by atoms with Gasteiger partial charge >= 0.3 is 11.9 Å². The highest BCUT2D eigenvalue weighted by Gasteiger charge is 2.19. The molecule has 0 aliphatic carbocycles. The number of aryl methyl sites for hydroxylation is 2. The molecular weight excluding hydrogens is 456 g/mol. The largest absolute Gasteiger partial charge is 0.478 e. The maximum Gasteiger partial charge on any atom is 0.336 e. The van der Waals surface area contributed by atoms with Crippen LogP contribution >= 0.6 is 11.8 Å². The Balaban J connectivity index is 1.66. The molecule has 3 aromatic carbocycles. The number of rotatable bonds is 8. The molecule has 34 heavy (non-hydrogen) atoms. The van der Waals surface area contributed by atoms with E-state index >= 15 is 0 Å². The lowest BCUT2D eigenvalue weighted by atomic mass is 10.0. The number of carboxylic acid groups (broad SMARTS) is 2. The minimum atomic E-state index is -1.41. The first-order chi connectivity index (χ1) is 16.1. The second-order valence-electron chi connectivity index (χ2n) is 7.49. The van der Waals surface area contributed by atoms with Crippen molar-refractivity contribution in [1.29, 1.82) is 0 Å². The lowest BCUT2D eigenvalue weighted by Gasteiger charge is -2.10. The fourth-order valence-corrected chi connectivity index (χ4v) is 3.83. The summed E-state index contributed by atoms with van der Waals surface area (Å²) in [6.45, 7) is 3.97. The molecule has 0 aromatic heterocycles. The summed E-state index contributed by atoms with van der Waals surface area (Å²) in [5, 5.41) is 23.9. The molecule has 9 heteroatoms. The Labute approximate surface area is 200 Å². The first-order valence-electron chi connectivity index (χ1n) is 10.2. The first kappa shape index (κ1) is 24.5. The average Bonchev–Trinajstić information content (AvgIpc) is 2.80. The maximum atomic E-state index is 12.7. The van der Waals surface area contributed by atoms with Gasteiger partial charge in [0.2, 0.25) is 5.91 Å². The topological polar surface area (TPSA) is 133 Å². The van der Waals surface area contributed by atoms with Gasteiger partial charge in [0.05, 0.1) is 22.4 Å². The van der Waals surface area contributed by atoms with E-state index < -0.39 is 23.4 Å². The van der Waals surface area contributed by atoms with Gasteiger partial charge in [0.25, 0.3) is 5.91 Å². The molecule has 0 unspecified atom stereocenters. The molecule has 0 aliphatic rings. The maximum absolute atomic E-state index is 12.7. The lowest BCUT2D eigenvalue weighted by molar-refractivity contribution is -0.113. The Bertz CT molecular complexity index is 1290. The number of thioether (sulfide) groups is 1. The van der Waals surface area contributed by atoms with Crippen molar-refractivity contribution < 1.29 is 29.4 Å². The predicted molar refractivity (Wildman–Crippen MR) is 130 cm³/mol. The molecule has 8 nitrogen and oxygen atoms in total. The number of carboxylic acids is 2. The molecule has 2 amide bonds. The number of hydrogen-bond donors (Lipinski definition) is 4. The van der Waals surface area contributed by atoms with E-state index in [2.05, 4.69) is 10.6 Å². The SMILES string of the molecule is Cc1ccc(NC(=O)CSc2cccc(NC(=O)c3ccc(C(=O)O)cc3C(=O)O)c2)cc1C. The summed E-state index contributed by atoms with van der Waals surface area (Å²) in [5.41, 5.74) is 2.54. The van der Waals surface area contributed by atoms with Gasteiger partial charge in [-0.2, -0.15) is 0 Å². The van der Waals surface area contributed by atoms with E-state index in [1.54, 1.807) is 24.3 Å². The van der Waals surface area contributed by atoms with Crippen molar-refractivity contribution in [2.75, 3.05) is 16.4 Å². The van der Waals surface area contributed by atoms with Crippen LogP contribution in [-0.2, 0) is 4.79 Å². The van der Waals surface area contributed by atoms with Gasteiger partial charge in [-0.3, -0.25) is 9.59 Å². The van der Waals surface area contributed by atoms with E-state index in [1.165, 1.54) is 17.8 Å². The fourth-order valence-electron chi connectivity index (χ4n) is 3.08. The van der Waals surface area contributed by atoms with Gasteiger partial charge in [0, 0.05) is 16.3 Å². The van der Waals surface area contributed by atoms with Crippen LogP contribution < -0.4 is 10.6 Å². The van der Waals surface area contributed by atoms with Crippen LogP contribution in [0.1, 0.15) is 42.2 Å². The number of amides is 2. The Hall–Kier alpha value is -4.11. The van der Waals surface area contributed by atoms with Gasteiger partial charge in [-0.1, -0.05) is 12.1 Å². The Morgan fingerprint density at radius 1 is 0.765 bits per heavy atom. The third kappa shape index (κ3) is 6.23. The second-order valence-corrected chi connectivity index (χ2v) is 8.54. The van der Waals surface area contributed by atoms with Crippen LogP contribution in [0.3, 0.4) is 0 Å². The molecule has 0 atom stereocenters. The standard InChI is InChI=1S/C25H22N2O6S/c1-14-6-8-18(10-15(14)2)26-22(28)13-34-19-5-3-4-17(12-19)27-23(29)20-9-7-16(24(30)31)11-21(20)25(32)33/h3-12H,13H2,1-2H3,(H,26,28)(H,27,29)(H,30,31)(H,32,33). The quantitative estimate of drug-likeness (QED) is 0.345. The molecule has 0 fully saturated rings. The number of anilines is 2. The molecule has 3 rings (SSSR count). The van der Waals surface area contributed by atoms with Gasteiger partial charge < -0.3 is 20.8 Å². The number of carbonyl (C=O) groups is 4. The summed E-state index contributed by atoms with van der Waals surface area (Å²) in [4.78, 5) is 48.3. The zero-order chi connectivity index (χ0) is 24.8. The highest BCUT2D eigenvalue weighted by Crippen LogP contribution is 2.23. The van der Waals surface area contributed by atoms with Gasteiger partial charge in [-0.25, -0.2) is 9.59 Å². The summed E-state index contributed by atoms with van der Waals surface area (Å²) in [6.07, 6.45) is 0. The molecule has 0 saturated carbocycles. The Kier molecular flexibility index (Phi) is 7.70. The van der Waals surface area contributed by atoms with Crippen molar-refractivity contribution in [1.82, 2.24) is 0 Å². The summed E-state index contributed by atoms with van der Waals surface area (Å²) < 4.78 is 0. The van der Waals surface area contributed by atoms with Crippen molar-refractivity contribution in [3.63, 3.8) is 0 Å². The van der Waals surface area contributed by atoms with Gasteiger partial charge in [-0.05, 0) is 73.5 Å². The minimum Gasteiger partial charge on any atom is -0.478 e. The van der Waals surface area contributed by atoms with Gasteiger partial charge in [-0.15, -0.1) is 11.8 Å². The van der Waals surface area contributed by atoms with Crippen molar-refractivity contribution in [2.24, 2.45) is 0 Å². The first-order valence-corrected chi connectivity index (χ1v) is 11.1. The van der Waals surface area contributed by atoms with E-state index in [1.807, 2.05) is 32.0 Å². The molecule has 0 aliphatic heterocycles. The second kappa shape index (κ2) is 10.7. The lowest BCUT2D eigenvalue weighted by Crippen LogP contribution is -2.17. The molecule has 0 bridgehead atoms. The Morgan fingerprint density at radius 3 is 2.18 bits per heavy atom. The highest BCUT2D eigenvalue weighted by atomic mass is 32.2. The summed E-state index contributed by atoms with van der Waals surface area (Å²) >= 11 is 1.28. The molecule has 0 heterocycles. The molecule has 3 aromatic rings. The molecule has 4 N–H and O–H groups in total. The summed E-state index contributed by atoms with van der Waals surface area (Å²) in [6, 6.07) is 15.7. The highest BCUT2D eigenvalue weighted by molar-refractivity contribution is 8.00. The van der Waals surface area contributed by atoms with Crippen LogP contribution in [0.2, 0.25) is 0 Å². The Morgan fingerprint density at radius 2 is 1.50 bits per heavy atom. The summed E-state index contributed by atoms with van der Waals surface area (Å²) in [5.74, 6) is -3.41. The number of carbonyl (C=O) groups excluding carboxylic acids is 2. The monoisotopic (exact) mass is 478 g/mol. The van der Waals surface area contributed by atoms with E-state index in [-0.39, 0.29) is 22.8 Å². The number of aromatic carboxylic acids is 2. The zero-order valence-electron chi connectivity index (χ0n) is 18.4. The van der Waals surface area contributed by atoms with Crippen LogP contribution in [0.4, 0.5) is 11.4 Å².